The number of hydrogen-bond donors (Lipinski definition) is 2. The molecule has 2 aromatic carbocycles. The number of anilines is 2. The number of rotatable bonds is 7. The van der Waals surface area contributed by atoms with Crippen molar-refractivity contribution in [2.45, 2.75) is 46.1 Å². The zero-order chi connectivity index (χ0) is 26.7. The molecule has 9 heteroatoms. The van der Waals surface area contributed by atoms with Crippen LogP contribution in [0.5, 0.6) is 23.1 Å². The Balaban J connectivity index is 1.53. The summed E-state index contributed by atoms with van der Waals surface area (Å²) in [6.45, 7) is 10.6. The lowest BCUT2D eigenvalue weighted by molar-refractivity contribution is 0.262. The van der Waals surface area contributed by atoms with E-state index >= 15 is 0 Å². The molecule has 2 N–H and O–H groups in total. The van der Waals surface area contributed by atoms with Crippen molar-refractivity contribution >= 4 is 28.4 Å². The summed E-state index contributed by atoms with van der Waals surface area (Å²) >= 11 is 0. The van der Waals surface area contributed by atoms with Gasteiger partial charge in [0.2, 0.25) is 5.88 Å². The van der Waals surface area contributed by atoms with Crippen LogP contribution in [0.3, 0.4) is 0 Å². The Bertz CT molecular complexity index is 1420. The molecule has 0 aliphatic carbocycles. The van der Waals surface area contributed by atoms with Crippen LogP contribution in [0.25, 0.3) is 10.9 Å². The molecule has 0 bridgehead atoms. The molecular weight excluding hydrogens is 470 g/mol. The number of ether oxygens (including phenoxy) is 3. The number of urea groups is 1. The van der Waals surface area contributed by atoms with Crippen LogP contribution in [0.4, 0.5) is 16.3 Å². The van der Waals surface area contributed by atoms with E-state index in [1.165, 1.54) is 6.33 Å². The molecule has 2 heterocycles. The summed E-state index contributed by atoms with van der Waals surface area (Å²) < 4.78 is 18.9. The first-order valence-corrected chi connectivity index (χ1v) is 12.0. The van der Waals surface area contributed by atoms with Gasteiger partial charge in [-0.1, -0.05) is 26.8 Å². The first-order valence-electron chi connectivity index (χ1n) is 12.0. The summed E-state index contributed by atoms with van der Waals surface area (Å²) in [6, 6.07) is 12.5. The quantitative estimate of drug-likeness (QED) is 0.289. The Labute approximate surface area is 216 Å². The highest BCUT2D eigenvalue weighted by Gasteiger charge is 2.20. The number of aromatic nitrogens is 3. The molecule has 0 unspecified atom stereocenters. The number of benzene rings is 2. The van der Waals surface area contributed by atoms with E-state index in [4.69, 9.17) is 14.2 Å². The maximum Gasteiger partial charge on any atom is 0.324 e. The van der Waals surface area contributed by atoms with Gasteiger partial charge in [-0.25, -0.2) is 14.8 Å². The third-order valence-electron chi connectivity index (χ3n) is 5.92. The van der Waals surface area contributed by atoms with Crippen LogP contribution in [0, 0.1) is 0 Å². The largest absolute Gasteiger partial charge is 0.493 e. The zero-order valence-electron chi connectivity index (χ0n) is 22.2. The summed E-state index contributed by atoms with van der Waals surface area (Å²) in [5.41, 5.74) is 2.35. The number of amides is 2. The van der Waals surface area contributed by atoms with Crippen molar-refractivity contribution in [3.05, 3.63) is 60.6 Å². The maximum absolute atomic E-state index is 12.9. The fourth-order valence-corrected chi connectivity index (χ4v) is 3.88. The van der Waals surface area contributed by atoms with Gasteiger partial charge in [0.15, 0.2) is 11.5 Å². The van der Waals surface area contributed by atoms with E-state index in [2.05, 4.69) is 66.0 Å². The number of carbonyl (C=O) groups excluding carboxylic acids is 1. The average molecular weight is 504 g/mol. The van der Waals surface area contributed by atoms with Crippen LogP contribution < -0.4 is 24.8 Å². The monoisotopic (exact) mass is 503 g/mol. The van der Waals surface area contributed by atoms with Crippen molar-refractivity contribution in [3.63, 3.8) is 0 Å². The summed E-state index contributed by atoms with van der Waals surface area (Å²) in [7, 11) is 3.14. The van der Waals surface area contributed by atoms with Crippen molar-refractivity contribution in [1.82, 2.24) is 14.5 Å². The summed E-state index contributed by atoms with van der Waals surface area (Å²) in [5.74, 6) is 2.71. The fraction of sp³-hybridized carbons (Fsp3) is 0.321. The van der Waals surface area contributed by atoms with Crippen LogP contribution in [0.1, 0.15) is 46.2 Å². The van der Waals surface area contributed by atoms with Gasteiger partial charge in [0, 0.05) is 30.1 Å². The Morgan fingerprint density at radius 1 is 0.973 bits per heavy atom. The molecule has 0 atom stereocenters. The average Bonchev–Trinajstić information content (AvgIpc) is 3.28. The van der Waals surface area contributed by atoms with Crippen molar-refractivity contribution in [2.75, 3.05) is 24.9 Å². The van der Waals surface area contributed by atoms with Gasteiger partial charge in [0.25, 0.3) is 0 Å². The second-order valence-corrected chi connectivity index (χ2v) is 9.98. The minimum absolute atomic E-state index is 0.0287. The molecule has 37 heavy (non-hydrogen) atoms. The minimum atomic E-state index is -0.345. The van der Waals surface area contributed by atoms with Crippen molar-refractivity contribution in [2.24, 2.45) is 0 Å². The molecule has 2 aromatic heterocycles. The van der Waals surface area contributed by atoms with Gasteiger partial charge in [-0.05, 0) is 49.1 Å². The molecule has 0 fully saturated rings. The van der Waals surface area contributed by atoms with Gasteiger partial charge in [0.1, 0.15) is 17.9 Å². The first kappa shape index (κ1) is 25.8. The standard InChI is InChI=1S/C28H33N5O4/c1-17(2)33-15-18(28(3,4)5)11-25(33)32-27(34)31-19-9-8-10-20(12-19)37-26-21-13-23(35-6)24(36-7)14-22(21)29-16-30-26/h8-17H,1-7H3,(H2,31,32,34). The van der Waals surface area contributed by atoms with Gasteiger partial charge in [-0.2, -0.15) is 0 Å². The fourth-order valence-electron chi connectivity index (χ4n) is 3.88. The van der Waals surface area contributed by atoms with Gasteiger partial charge in [-0.15, -0.1) is 0 Å². The third kappa shape index (κ3) is 5.77. The second-order valence-electron chi connectivity index (χ2n) is 9.98. The topological polar surface area (TPSA) is 99.5 Å². The van der Waals surface area contributed by atoms with E-state index in [-0.39, 0.29) is 17.5 Å². The molecule has 0 aliphatic heterocycles. The number of nitrogens with one attached hydrogen (secondary N) is 2. The van der Waals surface area contributed by atoms with E-state index in [1.54, 1.807) is 50.6 Å². The molecule has 2 amide bonds. The zero-order valence-corrected chi connectivity index (χ0v) is 22.2. The van der Waals surface area contributed by atoms with E-state index < -0.39 is 0 Å². The summed E-state index contributed by atoms with van der Waals surface area (Å²) in [6.07, 6.45) is 3.51. The molecule has 4 aromatic rings. The first-order chi connectivity index (χ1) is 17.6. The van der Waals surface area contributed by atoms with Crippen molar-refractivity contribution in [1.29, 1.82) is 0 Å². The molecular formula is C28H33N5O4. The minimum Gasteiger partial charge on any atom is -0.493 e. The molecule has 4 rings (SSSR count). The lowest BCUT2D eigenvalue weighted by Crippen LogP contribution is -2.21. The molecule has 194 valence electrons. The number of methoxy groups -OCH3 is 2. The Hall–Kier alpha value is -4.27. The van der Waals surface area contributed by atoms with Crippen LogP contribution in [-0.2, 0) is 5.41 Å². The number of nitrogens with zero attached hydrogens (tertiary/aromatic N) is 3. The second kappa shape index (κ2) is 10.4. The third-order valence-corrected chi connectivity index (χ3v) is 5.92. The number of fused-ring (bicyclic) bond motifs is 1. The van der Waals surface area contributed by atoms with E-state index in [1.807, 2.05) is 6.07 Å². The maximum atomic E-state index is 12.9. The highest BCUT2D eigenvalue weighted by molar-refractivity contribution is 5.99. The summed E-state index contributed by atoms with van der Waals surface area (Å²) in [5, 5.41) is 6.53. The van der Waals surface area contributed by atoms with Gasteiger partial charge >= 0.3 is 6.03 Å². The van der Waals surface area contributed by atoms with E-state index in [0.717, 1.165) is 11.4 Å². The van der Waals surface area contributed by atoms with Gasteiger partial charge in [-0.3, -0.25) is 5.32 Å². The molecule has 0 saturated heterocycles. The van der Waals surface area contributed by atoms with Crippen molar-refractivity contribution in [3.8, 4) is 23.1 Å². The highest BCUT2D eigenvalue weighted by atomic mass is 16.5. The van der Waals surface area contributed by atoms with Gasteiger partial charge < -0.3 is 24.1 Å². The van der Waals surface area contributed by atoms with Crippen LogP contribution >= 0.6 is 0 Å². The van der Waals surface area contributed by atoms with Crippen LogP contribution in [0.15, 0.2) is 55.0 Å². The van der Waals surface area contributed by atoms with Crippen molar-refractivity contribution < 1.29 is 19.0 Å². The highest BCUT2D eigenvalue weighted by Crippen LogP contribution is 2.36. The summed E-state index contributed by atoms with van der Waals surface area (Å²) in [4.78, 5) is 21.5. The smallest absolute Gasteiger partial charge is 0.324 e. The SMILES string of the molecule is COc1cc2ncnc(Oc3cccc(NC(=O)Nc4cc(C(C)(C)C)cn4C(C)C)c3)c2cc1OC. The Morgan fingerprint density at radius 2 is 1.70 bits per heavy atom. The predicted molar refractivity (Wildman–Crippen MR) is 145 cm³/mol. The normalized spacial score (nSPS) is 11.5. The van der Waals surface area contributed by atoms with E-state index in [9.17, 15) is 4.79 Å². The molecule has 0 radical (unpaired) electrons. The molecule has 9 nitrogen and oxygen atoms in total. The Morgan fingerprint density at radius 3 is 2.38 bits per heavy atom. The molecule has 0 aliphatic rings. The lowest BCUT2D eigenvalue weighted by atomic mass is 9.89. The van der Waals surface area contributed by atoms with Crippen LogP contribution in [-0.4, -0.2) is 34.8 Å². The lowest BCUT2D eigenvalue weighted by Gasteiger charge is -2.16. The number of carbonyl (C=O) groups is 1. The van der Waals surface area contributed by atoms with Crippen LogP contribution in [0.2, 0.25) is 0 Å². The Kier molecular flexibility index (Phi) is 7.24. The van der Waals surface area contributed by atoms with E-state index in [0.29, 0.717) is 39.7 Å². The number of hydrogen-bond acceptors (Lipinski definition) is 6. The molecule has 0 spiro atoms. The molecule has 0 saturated carbocycles. The predicted octanol–water partition coefficient (Wildman–Crippen LogP) is 6.76. The van der Waals surface area contributed by atoms with Gasteiger partial charge in [0.05, 0.1) is 25.1 Å².